The van der Waals surface area contributed by atoms with E-state index in [0.29, 0.717) is 6.42 Å². The Morgan fingerprint density at radius 3 is 2.29 bits per heavy atom. The molecule has 0 amide bonds. The molecule has 0 saturated carbocycles. The molecule has 1 aliphatic rings. The Morgan fingerprint density at radius 1 is 1.04 bits per heavy atom. The van der Waals surface area contributed by atoms with Gasteiger partial charge < -0.3 is 9.84 Å². The number of aliphatic hydroxyl groups is 1. The van der Waals surface area contributed by atoms with Crippen molar-refractivity contribution in [3.05, 3.63) is 64.6 Å². The smallest absolute Gasteiger partial charge is 0.0943 e. The molecule has 24 heavy (non-hydrogen) atoms. The fraction of sp³-hybridized carbons (Fsp3) is 0.400. The summed E-state index contributed by atoms with van der Waals surface area (Å²) in [5, 5.41) is 10.7. The maximum absolute atomic E-state index is 10.7. The van der Waals surface area contributed by atoms with Crippen LogP contribution in [0.3, 0.4) is 0 Å². The number of benzene rings is 2. The Kier molecular flexibility index (Phi) is 5.40. The summed E-state index contributed by atoms with van der Waals surface area (Å²) in [4.78, 5) is 1.33. The number of aliphatic hydroxyl groups excluding tert-OH is 1. The SMILES string of the molecule is C[C@H]1[C@@H](O)C[C@@H](S(C)(C)c2ccccc2)O[C@H]1c1ccc(Br)cc1. The van der Waals surface area contributed by atoms with Crippen LogP contribution in [-0.2, 0) is 4.74 Å². The first-order chi connectivity index (χ1) is 11.4. The van der Waals surface area contributed by atoms with Crippen LogP contribution in [-0.4, -0.2) is 29.2 Å². The molecular formula is C20H25BrO2S. The molecule has 1 fully saturated rings. The van der Waals surface area contributed by atoms with Gasteiger partial charge in [0, 0.05) is 16.8 Å². The molecule has 3 rings (SSSR count). The van der Waals surface area contributed by atoms with Crippen LogP contribution in [0.4, 0.5) is 0 Å². The molecule has 0 unspecified atom stereocenters. The van der Waals surface area contributed by atoms with Gasteiger partial charge >= 0.3 is 0 Å². The molecule has 0 spiro atoms. The van der Waals surface area contributed by atoms with Gasteiger partial charge in [-0.25, -0.2) is 0 Å². The Labute approximate surface area is 154 Å². The number of rotatable bonds is 3. The summed E-state index contributed by atoms with van der Waals surface area (Å²) in [5.74, 6) is 0.0911. The van der Waals surface area contributed by atoms with Crippen molar-refractivity contribution in [1.82, 2.24) is 0 Å². The van der Waals surface area contributed by atoms with Crippen molar-refractivity contribution in [2.24, 2.45) is 5.92 Å². The average molecular weight is 409 g/mol. The van der Waals surface area contributed by atoms with Crippen LogP contribution in [0.25, 0.3) is 0 Å². The Morgan fingerprint density at radius 2 is 1.67 bits per heavy atom. The summed E-state index contributed by atoms with van der Waals surface area (Å²) in [6.45, 7) is 2.08. The second kappa shape index (κ2) is 7.20. The molecule has 1 N–H and O–H groups in total. The largest absolute Gasteiger partial charge is 0.393 e. The molecule has 2 nitrogen and oxygen atoms in total. The van der Waals surface area contributed by atoms with Gasteiger partial charge in [0.15, 0.2) is 0 Å². The van der Waals surface area contributed by atoms with Gasteiger partial charge in [0.25, 0.3) is 0 Å². The van der Waals surface area contributed by atoms with Crippen LogP contribution in [0.5, 0.6) is 0 Å². The van der Waals surface area contributed by atoms with E-state index in [1.807, 2.05) is 18.2 Å². The minimum atomic E-state index is -1.16. The fourth-order valence-electron chi connectivity index (χ4n) is 3.29. The lowest BCUT2D eigenvalue weighted by Crippen LogP contribution is -2.40. The highest BCUT2D eigenvalue weighted by atomic mass is 79.9. The lowest BCUT2D eigenvalue weighted by Gasteiger charge is -2.48. The van der Waals surface area contributed by atoms with Gasteiger partial charge in [-0.3, -0.25) is 0 Å². The van der Waals surface area contributed by atoms with Crippen molar-refractivity contribution in [1.29, 1.82) is 0 Å². The summed E-state index contributed by atoms with van der Waals surface area (Å²) in [6.07, 6.45) is 4.86. The van der Waals surface area contributed by atoms with Gasteiger partial charge in [-0.05, 0) is 35.1 Å². The molecular weight excluding hydrogens is 384 g/mol. The lowest BCUT2D eigenvalue weighted by atomic mass is 9.89. The monoisotopic (exact) mass is 408 g/mol. The number of hydrogen-bond donors (Lipinski definition) is 1. The summed E-state index contributed by atoms with van der Waals surface area (Å²) in [6, 6.07) is 18.8. The molecule has 0 bridgehead atoms. The quantitative estimate of drug-likeness (QED) is 0.740. The lowest BCUT2D eigenvalue weighted by molar-refractivity contribution is -0.103. The third-order valence-electron chi connectivity index (χ3n) is 5.02. The first-order valence-corrected chi connectivity index (χ1v) is 11.6. The van der Waals surface area contributed by atoms with Crippen LogP contribution >= 0.6 is 26.0 Å². The van der Waals surface area contributed by atoms with Gasteiger partial charge in [0.05, 0.1) is 17.6 Å². The summed E-state index contributed by atoms with van der Waals surface area (Å²) in [5.41, 5.74) is 1.19. The minimum Gasteiger partial charge on any atom is -0.393 e. The first-order valence-electron chi connectivity index (χ1n) is 8.26. The van der Waals surface area contributed by atoms with E-state index in [9.17, 15) is 5.11 Å². The van der Waals surface area contributed by atoms with Crippen LogP contribution in [0, 0.1) is 5.92 Å². The van der Waals surface area contributed by atoms with Crippen LogP contribution < -0.4 is 0 Å². The molecule has 130 valence electrons. The molecule has 1 aliphatic heterocycles. The van der Waals surface area contributed by atoms with Crippen molar-refractivity contribution in [2.45, 2.75) is 35.9 Å². The normalized spacial score (nSPS) is 28.5. The maximum atomic E-state index is 10.7. The average Bonchev–Trinajstić information content (AvgIpc) is 2.59. The summed E-state index contributed by atoms with van der Waals surface area (Å²) >= 11 is 3.48. The van der Waals surface area contributed by atoms with Crippen molar-refractivity contribution in [2.75, 3.05) is 12.5 Å². The second-order valence-electron chi connectivity index (χ2n) is 6.92. The van der Waals surface area contributed by atoms with E-state index in [-0.39, 0.29) is 23.6 Å². The highest BCUT2D eigenvalue weighted by Gasteiger charge is 2.41. The third kappa shape index (κ3) is 3.57. The third-order valence-corrected chi connectivity index (χ3v) is 8.66. The number of ether oxygens (including phenoxy) is 1. The Bertz CT molecular complexity index is 672. The van der Waals surface area contributed by atoms with E-state index < -0.39 is 10.0 Å². The predicted octanol–water partition coefficient (Wildman–Crippen LogP) is 5.36. The molecule has 0 aliphatic carbocycles. The van der Waals surface area contributed by atoms with Crippen LogP contribution in [0.2, 0.25) is 0 Å². The van der Waals surface area contributed by atoms with Crippen molar-refractivity contribution in [3.8, 4) is 0 Å². The second-order valence-corrected chi connectivity index (χ2v) is 11.6. The van der Waals surface area contributed by atoms with E-state index in [4.69, 9.17) is 4.74 Å². The topological polar surface area (TPSA) is 29.5 Å². The highest BCUT2D eigenvalue weighted by molar-refractivity contribution is 9.10. The van der Waals surface area contributed by atoms with E-state index >= 15 is 0 Å². The van der Waals surface area contributed by atoms with E-state index in [1.54, 1.807) is 0 Å². The Balaban J connectivity index is 1.89. The molecule has 2 aromatic carbocycles. The van der Waals surface area contributed by atoms with E-state index in [0.717, 1.165) is 10.0 Å². The molecule has 0 radical (unpaired) electrons. The van der Waals surface area contributed by atoms with Gasteiger partial charge in [-0.1, -0.05) is 65.3 Å². The highest BCUT2D eigenvalue weighted by Crippen LogP contribution is 2.58. The molecule has 2 aromatic rings. The first kappa shape index (κ1) is 18.0. The summed E-state index contributed by atoms with van der Waals surface area (Å²) < 4.78 is 7.63. The molecule has 0 aromatic heterocycles. The molecule has 1 heterocycles. The minimum absolute atomic E-state index is 0.0553. The van der Waals surface area contributed by atoms with Crippen LogP contribution in [0.1, 0.15) is 25.0 Å². The molecule has 1 saturated heterocycles. The zero-order chi connectivity index (χ0) is 17.3. The van der Waals surface area contributed by atoms with E-state index in [1.165, 1.54) is 4.90 Å². The zero-order valence-electron chi connectivity index (χ0n) is 14.4. The van der Waals surface area contributed by atoms with E-state index in [2.05, 4.69) is 71.8 Å². The zero-order valence-corrected chi connectivity index (χ0v) is 16.8. The fourth-order valence-corrected chi connectivity index (χ4v) is 5.80. The maximum Gasteiger partial charge on any atom is 0.0943 e. The van der Waals surface area contributed by atoms with Gasteiger partial charge in [-0.15, -0.1) is 0 Å². The Hall–Kier alpha value is -0.810. The summed E-state index contributed by atoms with van der Waals surface area (Å²) in [7, 11) is -1.16. The van der Waals surface area contributed by atoms with Gasteiger partial charge in [-0.2, -0.15) is 10.0 Å². The van der Waals surface area contributed by atoms with Crippen molar-refractivity contribution in [3.63, 3.8) is 0 Å². The van der Waals surface area contributed by atoms with Gasteiger partial charge in [0.1, 0.15) is 0 Å². The van der Waals surface area contributed by atoms with Crippen molar-refractivity contribution < 1.29 is 9.84 Å². The predicted molar refractivity (Wildman–Crippen MR) is 106 cm³/mol. The standard InChI is InChI=1S/C20H25BrO2S/c1-14-18(22)13-19(24(2,3)17-7-5-4-6-8-17)23-20(14)15-9-11-16(21)12-10-15/h4-12,14,18-20,22H,13H2,1-3H3/t14-,18-,19+,20+/m0/s1. The van der Waals surface area contributed by atoms with Crippen molar-refractivity contribution >= 4 is 26.0 Å². The molecule has 4 atom stereocenters. The van der Waals surface area contributed by atoms with Crippen LogP contribution in [0.15, 0.2) is 64.0 Å². The van der Waals surface area contributed by atoms with Gasteiger partial charge in [0.2, 0.25) is 0 Å². The molecule has 4 heteroatoms. The number of hydrogen-bond acceptors (Lipinski definition) is 2. The number of halogens is 1.